The molecule has 0 saturated heterocycles. The Labute approximate surface area is 125 Å². The van der Waals surface area contributed by atoms with Crippen LogP contribution in [-0.4, -0.2) is 30.9 Å². The number of carbonyl (C=O) groups excluding carboxylic acids is 2. The molecule has 2 rings (SSSR count). The summed E-state index contributed by atoms with van der Waals surface area (Å²) in [5.74, 6) is -0.474. The normalized spacial score (nSPS) is 13.6. The van der Waals surface area contributed by atoms with Crippen molar-refractivity contribution in [1.29, 1.82) is 0 Å². The fourth-order valence-electron chi connectivity index (χ4n) is 2.20. The molecule has 1 aromatic carbocycles. The van der Waals surface area contributed by atoms with E-state index in [9.17, 15) is 9.59 Å². The molecule has 1 aliphatic carbocycles. The van der Waals surface area contributed by atoms with Gasteiger partial charge in [-0.2, -0.15) is 0 Å². The van der Waals surface area contributed by atoms with Crippen molar-refractivity contribution in [2.45, 2.75) is 39.2 Å². The molecule has 0 bridgehead atoms. The molecule has 0 atom stereocenters. The van der Waals surface area contributed by atoms with Crippen molar-refractivity contribution in [2.24, 2.45) is 0 Å². The van der Waals surface area contributed by atoms with Gasteiger partial charge in [0.15, 0.2) is 0 Å². The number of amides is 2. The predicted octanol–water partition coefficient (Wildman–Crippen LogP) is 2.14. The van der Waals surface area contributed by atoms with Crippen LogP contribution < -0.4 is 15.5 Å². The Kier molecular flexibility index (Phi) is 5.20. The van der Waals surface area contributed by atoms with Gasteiger partial charge in [0.2, 0.25) is 11.8 Å². The summed E-state index contributed by atoms with van der Waals surface area (Å²) in [5.41, 5.74) is 1.85. The molecule has 1 aliphatic rings. The Hall–Kier alpha value is -2.04. The molecule has 21 heavy (non-hydrogen) atoms. The third kappa shape index (κ3) is 4.77. The van der Waals surface area contributed by atoms with E-state index in [4.69, 9.17) is 0 Å². The van der Waals surface area contributed by atoms with Crippen LogP contribution in [0.15, 0.2) is 24.3 Å². The van der Waals surface area contributed by atoms with Gasteiger partial charge in [0.1, 0.15) is 6.42 Å². The van der Waals surface area contributed by atoms with Crippen LogP contribution in [0, 0.1) is 0 Å². The molecule has 5 heteroatoms. The third-order valence-electron chi connectivity index (χ3n) is 3.54. The largest absolute Gasteiger partial charge is 0.372 e. The van der Waals surface area contributed by atoms with Gasteiger partial charge in [0.05, 0.1) is 0 Å². The highest BCUT2D eigenvalue weighted by atomic mass is 16.2. The highest BCUT2D eigenvalue weighted by Gasteiger charge is 2.24. The van der Waals surface area contributed by atoms with E-state index in [1.54, 1.807) is 0 Å². The van der Waals surface area contributed by atoms with Crippen LogP contribution in [0.25, 0.3) is 0 Å². The first kappa shape index (κ1) is 15.4. The molecule has 0 unspecified atom stereocenters. The fourth-order valence-corrected chi connectivity index (χ4v) is 2.20. The van der Waals surface area contributed by atoms with E-state index in [0.717, 1.165) is 37.3 Å². The van der Waals surface area contributed by atoms with Crippen LogP contribution in [-0.2, 0) is 9.59 Å². The van der Waals surface area contributed by atoms with Gasteiger partial charge >= 0.3 is 0 Å². The molecule has 0 heterocycles. The average Bonchev–Trinajstić information content (AvgIpc) is 3.25. The Morgan fingerprint density at radius 1 is 1.10 bits per heavy atom. The number of benzene rings is 1. The summed E-state index contributed by atoms with van der Waals surface area (Å²) in [6, 6.07) is 7.98. The minimum Gasteiger partial charge on any atom is -0.372 e. The molecule has 1 fully saturated rings. The summed E-state index contributed by atoms with van der Waals surface area (Å²) in [6.45, 7) is 6.11. The summed E-state index contributed by atoms with van der Waals surface area (Å²) < 4.78 is 0. The first-order chi connectivity index (χ1) is 10.1. The first-order valence-electron chi connectivity index (χ1n) is 7.56. The Bertz CT molecular complexity index is 491. The molecule has 2 N–H and O–H groups in total. The molecule has 2 amide bonds. The van der Waals surface area contributed by atoms with Gasteiger partial charge in [-0.25, -0.2) is 0 Å². The highest BCUT2D eigenvalue weighted by molar-refractivity contribution is 6.03. The maximum atomic E-state index is 11.8. The Morgan fingerprint density at radius 2 is 1.71 bits per heavy atom. The maximum Gasteiger partial charge on any atom is 0.233 e. The van der Waals surface area contributed by atoms with Crippen molar-refractivity contribution < 1.29 is 9.59 Å². The van der Waals surface area contributed by atoms with E-state index in [1.165, 1.54) is 0 Å². The van der Waals surface area contributed by atoms with Crippen LogP contribution in [0.4, 0.5) is 11.4 Å². The first-order valence-corrected chi connectivity index (χ1v) is 7.56. The number of hydrogen-bond acceptors (Lipinski definition) is 3. The molecule has 0 spiro atoms. The van der Waals surface area contributed by atoms with Gasteiger partial charge in [-0.3, -0.25) is 9.59 Å². The van der Waals surface area contributed by atoms with Crippen LogP contribution >= 0.6 is 0 Å². The van der Waals surface area contributed by atoms with Crippen molar-refractivity contribution in [3.8, 4) is 0 Å². The fraction of sp³-hybridized carbons (Fsp3) is 0.500. The molecule has 1 aromatic rings. The van der Waals surface area contributed by atoms with E-state index < -0.39 is 0 Å². The SMILES string of the molecule is CCN(CC)c1ccc(NC(=O)CC(=O)NC2CC2)cc1. The number of nitrogens with one attached hydrogen (secondary N) is 2. The Balaban J connectivity index is 1.84. The smallest absolute Gasteiger partial charge is 0.233 e. The monoisotopic (exact) mass is 289 g/mol. The quantitative estimate of drug-likeness (QED) is 0.756. The molecular weight excluding hydrogens is 266 g/mol. The van der Waals surface area contributed by atoms with Gasteiger partial charge in [-0.05, 0) is 51.0 Å². The summed E-state index contributed by atoms with van der Waals surface area (Å²) in [4.78, 5) is 25.5. The van der Waals surface area contributed by atoms with Crippen LogP contribution in [0.3, 0.4) is 0 Å². The summed E-state index contributed by atoms with van der Waals surface area (Å²) in [7, 11) is 0. The zero-order valence-corrected chi connectivity index (χ0v) is 12.7. The van der Waals surface area contributed by atoms with Gasteiger partial charge in [-0.15, -0.1) is 0 Å². The zero-order chi connectivity index (χ0) is 15.2. The minimum absolute atomic E-state index is 0.117. The van der Waals surface area contributed by atoms with E-state index >= 15 is 0 Å². The standard InChI is InChI=1S/C16H23N3O2/c1-3-19(4-2)14-9-7-13(8-10-14)18-16(21)11-15(20)17-12-5-6-12/h7-10,12H,3-6,11H2,1-2H3,(H,17,20)(H,18,21). The van der Waals surface area contributed by atoms with Crippen molar-refractivity contribution in [3.05, 3.63) is 24.3 Å². The highest BCUT2D eigenvalue weighted by Crippen LogP contribution is 2.19. The lowest BCUT2D eigenvalue weighted by Crippen LogP contribution is -2.29. The van der Waals surface area contributed by atoms with E-state index in [1.807, 2.05) is 24.3 Å². The average molecular weight is 289 g/mol. The Morgan fingerprint density at radius 3 is 2.24 bits per heavy atom. The minimum atomic E-state index is -0.274. The second kappa shape index (κ2) is 7.11. The second-order valence-electron chi connectivity index (χ2n) is 5.29. The number of rotatable bonds is 7. The lowest BCUT2D eigenvalue weighted by molar-refractivity contribution is -0.126. The van der Waals surface area contributed by atoms with Crippen molar-refractivity contribution in [3.63, 3.8) is 0 Å². The zero-order valence-electron chi connectivity index (χ0n) is 12.7. The lowest BCUT2D eigenvalue weighted by Gasteiger charge is -2.21. The molecule has 0 aliphatic heterocycles. The maximum absolute atomic E-state index is 11.8. The van der Waals surface area contributed by atoms with Crippen LogP contribution in [0.5, 0.6) is 0 Å². The summed E-state index contributed by atoms with van der Waals surface area (Å²) >= 11 is 0. The number of nitrogens with zero attached hydrogens (tertiary/aromatic N) is 1. The van der Waals surface area contributed by atoms with E-state index in [2.05, 4.69) is 29.4 Å². The van der Waals surface area contributed by atoms with E-state index in [-0.39, 0.29) is 18.2 Å². The van der Waals surface area contributed by atoms with Crippen LogP contribution in [0.1, 0.15) is 33.1 Å². The molecule has 0 radical (unpaired) electrons. The molecular formula is C16H23N3O2. The number of hydrogen-bond donors (Lipinski definition) is 2. The third-order valence-corrected chi connectivity index (χ3v) is 3.54. The lowest BCUT2D eigenvalue weighted by atomic mass is 10.2. The van der Waals surface area contributed by atoms with Gasteiger partial charge < -0.3 is 15.5 Å². The van der Waals surface area contributed by atoms with Crippen molar-refractivity contribution in [1.82, 2.24) is 5.32 Å². The van der Waals surface area contributed by atoms with Crippen molar-refractivity contribution in [2.75, 3.05) is 23.3 Å². The molecule has 114 valence electrons. The van der Waals surface area contributed by atoms with Gasteiger partial charge in [-0.1, -0.05) is 0 Å². The van der Waals surface area contributed by atoms with E-state index in [0.29, 0.717) is 6.04 Å². The molecule has 5 nitrogen and oxygen atoms in total. The summed E-state index contributed by atoms with van der Waals surface area (Å²) in [6.07, 6.45) is 1.94. The van der Waals surface area contributed by atoms with Gasteiger partial charge in [0, 0.05) is 30.5 Å². The topological polar surface area (TPSA) is 61.4 Å². The number of carbonyl (C=O) groups is 2. The van der Waals surface area contributed by atoms with Crippen molar-refractivity contribution >= 4 is 23.2 Å². The molecule has 0 aromatic heterocycles. The van der Waals surface area contributed by atoms with Gasteiger partial charge in [0.25, 0.3) is 0 Å². The number of anilines is 2. The molecule has 1 saturated carbocycles. The summed E-state index contributed by atoms with van der Waals surface area (Å²) in [5, 5.41) is 5.55. The second-order valence-corrected chi connectivity index (χ2v) is 5.29. The predicted molar refractivity (Wildman–Crippen MR) is 84.4 cm³/mol. The van der Waals surface area contributed by atoms with Crippen LogP contribution in [0.2, 0.25) is 0 Å².